The Kier molecular flexibility index (Phi) is 11.1. The fraction of sp³-hybridized carbons (Fsp3) is 0.889. The Morgan fingerprint density at radius 3 is 2.32 bits per heavy atom. The Morgan fingerprint density at radius 2 is 1.80 bits per heavy atom. The van der Waals surface area contributed by atoms with Crippen molar-refractivity contribution in [3.05, 3.63) is 0 Å². The fourth-order valence-corrected chi connectivity index (χ4v) is 2.88. The van der Waals surface area contributed by atoms with Crippen molar-refractivity contribution in [1.29, 1.82) is 0 Å². The van der Waals surface area contributed by atoms with Gasteiger partial charge in [-0.3, -0.25) is 14.8 Å². The molecule has 0 aromatic heterocycles. The van der Waals surface area contributed by atoms with Gasteiger partial charge in [0.2, 0.25) is 5.91 Å². The third-order valence-corrected chi connectivity index (χ3v) is 5.25. The van der Waals surface area contributed by atoms with E-state index >= 15 is 0 Å². The summed E-state index contributed by atoms with van der Waals surface area (Å²) in [6.07, 6.45) is 1.23. The molecular formula is C18H36N2O5. The van der Waals surface area contributed by atoms with Gasteiger partial charge in [0, 0.05) is 36.9 Å². The van der Waals surface area contributed by atoms with Gasteiger partial charge in [-0.2, -0.15) is 0 Å². The van der Waals surface area contributed by atoms with Crippen LogP contribution in [-0.4, -0.2) is 55.9 Å². The molecule has 0 aromatic rings. The fourth-order valence-electron chi connectivity index (χ4n) is 2.88. The molecule has 7 heteroatoms. The van der Waals surface area contributed by atoms with Crippen LogP contribution in [0.1, 0.15) is 53.9 Å². The van der Waals surface area contributed by atoms with Gasteiger partial charge in [-0.05, 0) is 26.7 Å². The second-order valence-electron chi connectivity index (χ2n) is 7.18. The number of ether oxygens (including phenoxy) is 2. The van der Waals surface area contributed by atoms with E-state index in [1.807, 2.05) is 34.6 Å². The van der Waals surface area contributed by atoms with Gasteiger partial charge in [0.25, 0.3) is 0 Å². The monoisotopic (exact) mass is 360 g/mol. The van der Waals surface area contributed by atoms with E-state index in [4.69, 9.17) is 14.7 Å². The second kappa shape index (κ2) is 11.6. The lowest BCUT2D eigenvalue weighted by molar-refractivity contribution is -0.137. The van der Waals surface area contributed by atoms with Crippen LogP contribution < -0.4 is 10.8 Å². The van der Waals surface area contributed by atoms with E-state index in [2.05, 4.69) is 5.32 Å². The van der Waals surface area contributed by atoms with E-state index in [-0.39, 0.29) is 18.1 Å². The van der Waals surface area contributed by atoms with Crippen LogP contribution in [0.4, 0.5) is 0 Å². The van der Waals surface area contributed by atoms with Crippen molar-refractivity contribution >= 4 is 11.7 Å². The summed E-state index contributed by atoms with van der Waals surface area (Å²) in [5.41, 5.74) is 0.611. The molecular weight excluding hydrogens is 324 g/mol. The van der Waals surface area contributed by atoms with Crippen molar-refractivity contribution in [2.24, 2.45) is 11.3 Å². The number of rotatable bonds is 14. The number of nitrogens with one attached hydrogen (secondary N) is 2. The molecule has 148 valence electrons. The van der Waals surface area contributed by atoms with Crippen LogP contribution >= 0.6 is 0 Å². The molecule has 0 spiro atoms. The number of hydrogen-bond acceptors (Lipinski definition) is 6. The lowest BCUT2D eigenvalue weighted by Gasteiger charge is -2.44. The van der Waals surface area contributed by atoms with Crippen LogP contribution in [0.25, 0.3) is 0 Å². The highest BCUT2D eigenvalue weighted by atomic mass is 16.5. The van der Waals surface area contributed by atoms with Crippen molar-refractivity contribution in [3.63, 3.8) is 0 Å². The summed E-state index contributed by atoms with van der Waals surface area (Å²) in [5, 5.41) is 12.0. The summed E-state index contributed by atoms with van der Waals surface area (Å²) in [4.78, 5) is 24.2. The standard InChI is InChI=1S/C18H36N2O5/c1-7-18(5,16(22)14(2)8-9-15(21)20-23)17(3,4)19-10-11-25-13-12-24-6/h14,19,23H,7-13H2,1-6H3,(H,20,21)/t14-,18?/m1/s1. The quantitative estimate of drug-likeness (QED) is 0.249. The Hall–Kier alpha value is -1.02. The topological polar surface area (TPSA) is 96.9 Å². The van der Waals surface area contributed by atoms with Crippen LogP contribution in [0, 0.1) is 11.3 Å². The summed E-state index contributed by atoms with van der Waals surface area (Å²) in [5.74, 6) is -0.608. The van der Waals surface area contributed by atoms with Crippen LogP contribution in [-0.2, 0) is 19.1 Å². The third kappa shape index (κ3) is 7.40. The molecule has 0 saturated heterocycles. The molecule has 0 rings (SSSR count). The highest BCUT2D eigenvalue weighted by Crippen LogP contribution is 2.38. The highest BCUT2D eigenvalue weighted by Gasteiger charge is 2.46. The molecule has 0 heterocycles. The van der Waals surface area contributed by atoms with Gasteiger partial charge in [-0.15, -0.1) is 0 Å². The maximum Gasteiger partial charge on any atom is 0.243 e. The molecule has 1 amide bonds. The van der Waals surface area contributed by atoms with Gasteiger partial charge in [-0.25, -0.2) is 5.48 Å². The second-order valence-corrected chi connectivity index (χ2v) is 7.18. The Morgan fingerprint density at radius 1 is 1.16 bits per heavy atom. The van der Waals surface area contributed by atoms with E-state index in [0.29, 0.717) is 39.2 Å². The summed E-state index contributed by atoms with van der Waals surface area (Å²) >= 11 is 0. The van der Waals surface area contributed by atoms with Crippen molar-refractivity contribution in [3.8, 4) is 0 Å². The van der Waals surface area contributed by atoms with Crippen LogP contribution in [0.3, 0.4) is 0 Å². The number of ketones is 1. The molecule has 25 heavy (non-hydrogen) atoms. The average Bonchev–Trinajstić information content (AvgIpc) is 2.60. The Labute approximate surface area is 151 Å². The molecule has 0 saturated carbocycles. The average molecular weight is 360 g/mol. The zero-order valence-corrected chi connectivity index (χ0v) is 16.6. The zero-order valence-electron chi connectivity index (χ0n) is 16.6. The SMILES string of the molecule is CCC(C)(C(=O)[C@H](C)CCC(=O)NO)C(C)(C)NCCOCCOC. The third-order valence-electron chi connectivity index (χ3n) is 5.25. The van der Waals surface area contributed by atoms with E-state index in [9.17, 15) is 9.59 Å². The molecule has 0 aliphatic rings. The lowest BCUT2D eigenvalue weighted by Crippen LogP contribution is -2.58. The molecule has 1 unspecified atom stereocenters. The summed E-state index contributed by atoms with van der Waals surface area (Å²) in [7, 11) is 1.63. The minimum atomic E-state index is -0.575. The molecule has 0 aliphatic heterocycles. The van der Waals surface area contributed by atoms with E-state index < -0.39 is 16.9 Å². The number of methoxy groups -OCH3 is 1. The van der Waals surface area contributed by atoms with Gasteiger partial charge in [0.05, 0.1) is 19.8 Å². The zero-order chi connectivity index (χ0) is 19.5. The molecule has 0 bridgehead atoms. The molecule has 0 fully saturated rings. The number of Topliss-reactive ketones (excluding diaryl/α,β-unsaturated/α-hetero) is 1. The molecule has 3 N–H and O–H groups in total. The first kappa shape index (κ1) is 24.0. The normalized spacial score (nSPS) is 15.5. The summed E-state index contributed by atoms with van der Waals surface area (Å²) < 4.78 is 10.4. The number of carbonyl (C=O) groups is 2. The van der Waals surface area contributed by atoms with Crippen molar-refractivity contribution in [2.75, 3.05) is 33.5 Å². The van der Waals surface area contributed by atoms with Crippen LogP contribution in [0.5, 0.6) is 0 Å². The minimum absolute atomic E-state index is 0.124. The van der Waals surface area contributed by atoms with Gasteiger partial charge < -0.3 is 14.8 Å². The van der Waals surface area contributed by atoms with Crippen molar-refractivity contribution in [2.45, 2.75) is 59.4 Å². The number of carbonyl (C=O) groups excluding carboxylic acids is 2. The number of amides is 1. The first-order valence-corrected chi connectivity index (χ1v) is 8.95. The summed E-state index contributed by atoms with van der Waals surface area (Å²) in [6, 6.07) is 0. The van der Waals surface area contributed by atoms with Crippen molar-refractivity contribution in [1.82, 2.24) is 10.8 Å². The molecule has 2 atom stereocenters. The molecule has 0 aromatic carbocycles. The highest BCUT2D eigenvalue weighted by molar-refractivity contribution is 5.88. The van der Waals surface area contributed by atoms with Gasteiger partial charge in [-0.1, -0.05) is 20.8 Å². The van der Waals surface area contributed by atoms with E-state index in [1.54, 1.807) is 12.6 Å². The van der Waals surface area contributed by atoms with Gasteiger partial charge >= 0.3 is 0 Å². The smallest absolute Gasteiger partial charge is 0.243 e. The molecule has 0 radical (unpaired) electrons. The predicted molar refractivity (Wildman–Crippen MR) is 96.5 cm³/mol. The van der Waals surface area contributed by atoms with Gasteiger partial charge in [0.15, 0.2) is 0 Å². The summed E-state index contributed by atoms with van der Waals surface area (Å²) in [6.45, 7) is 12.2. The molecule has 7 nitrogen and oxygen atoms in total. The minimum Gasteiger partial charge on any atom is -0.382 e. The van der Waals surface area contributed by atoms with E-state index in [0.717, 1.165) is 0 Å². The maximum absolute atomic E-state index is 13.0. The van der Waals surface area contributed by atoms with E-state index in [1.165, 1.54) is 0 Å². The Bertz CT molecular complexity index is 414. The van der Waals surface area contributed by atoms with Crippen molar-refractivity contribution < 1.29 is 24.3 Å². The molecule has 0 aliphatic carbocycles. The van der Waals surface area contributed by atoms with Crippen LogP contribution in [0.15, 0.2) is 0 Å². The largest absolute Gasteiger partial charge is 0.382 e. The maximum atomic E-state index is 13.0. The lowest BCUT2D eigenvalue weighted by atomic mass is 9.65. The van der Waals surface area contributed by atoms with Gasteiger partial charge in [0.1, 0.15) is 5.78 Å². The Balaban J connectivity index is 4.73. The number of hydroxylamine groups is 1. The van der Waals surface area contributed by atoms with Crippen LogP contribution in [0.2, 0.25) is 0 Å². The first-order chi connectivity index (χ1) is 11.7. The number of hydrogen-bond donors (Lipinski definition) is 3. The predicted octanol–water partition coefficient (Wildman–Crippen LogP) is 1.92. The first-order valence-electron chi connectivity index (χ1n) is 8.95.